The number of hydrogen-bond donors (Lipinski definition) is 0. The van der Waals surface area contributed by atoms with E-state index < -0.39 is 0 Å². The fourth-order valence-electron chi connectivity index (χ4n) is 2.75. The third-order valence-corrected chi connectivity index (χ3v) is 3.78. The molecule has 2 aromatic carbocycles. The molecular formula is C16H11ClN2. The maximum absolute atomic E-state index is 6.08. The molecule has 0 spiro atoms. The molecule has 4 rings (SSSR count). The van der Waals surface area contributed by atoms with Gasteiger partial charge in [-0.1, -0.05) is 29.8 Å². The Balaban J connectivity index is 2.33. The van der Waals surface area contributed by atoms with E-state index in [2.05, 4.69) is 21.5 Å². The lowest BCUT2D eigenvalue weighted by Crippen LogP contribution is -1.95. The second-order valence-electron chi connectivity index (χ2n) is 4.74. The van der Waals surface area contributed by atoms with Gasteiger partial charge < -0.3 is 0 Å². The minimum atomic E-state index is 0.762. The van der Waals surface area contributed by atoms with Crippen LogP contribution in [0.1, 0.15) is 5.82 Å². The SMILES string of the molecule is Cc1nc2ccccc2c2cc3cc(Cl)ccc3n12. The summed E-state index contributed by atoms with van der Waals surface area (Å²) in [4.78, 5) is 4.68. The molecule has 0 unspecified atom stereocenters. The molecule has 0 N–H and O–H groups in total. The van der Waals surface area contributed by atoms with Crippen LogP contribution in [0.5, 0.6) is 0 Å². The lowest BCUT2D eigenvalue weighted by molar-refractivity contribution is 1.05. The molecule has 0 amide bonds. The predicted octanol–water partition coefficient (Wildman–Crippen LogP) is 4.60. The van der Waals surface area contributed by atoms with Gasteiger partial charge in [0, 0.05) is 15.8 Å². The molecule has 3 heteroatoms. The van der Waals surface area contributed by atoms with Crippen molar-refractivity contribution in [3.05, 3.63) is 59.4 Å². The van der Waals surface area contributed by atoms with Crippen LogP contribution in [0.4, 0.5) is 0 Å². The van der Waals surface area contributed by atoms with Gasteiger partial charge in [-0.2, -0.15) is 0 Å². The lowest BCUT2D eigenvalue weighted by atomic mass is 10.2. The summed E-state index contributed by atoms with van der Waals surface area (Å²) in [6.45, 7) is 2.04. The van der Waals surface area contributed by atoms with Crippen molar-refractivity contribution < 1.29 is 0 Å². The van der Waals surface area contributed by atoms with Gasteiger partial charge in [0.2, 0.25) is 0 Å². The first-order valence-electron chi connectivity index (χ1n) is 6.20. The molecule has 0 bridgehead atoms. The molecule has 0 atom stereocenters. The molecule has 0 aliphatic carbocycles. The zero-order valence-corrected chi connectivity index (χ0v) is 11.1. The normalized spacial score (nSPS) is 11.7. The van der Waals surface area contributed by atoms with E-state index in [1.54, 1.807) is 0 Å². The van der Waals surface area contributed by atoms with E-state index in [4.69, 9.17) is 11.6 Å². The van der Waals surface area contributed by atoms with E-state index in [9.17, 15) is 0 Å². The summed E-state index contributed by atoms with van der Waals surface area (Å²) in [6.07, 6.45) is 0. The van der Waals surface area contributed by atoms with Crippen LogP contribution in [0.3, 0.4) is 0 Å². The molecule has 0 saturated carbocycles. The van der Waals surface area contributed by atoms with Crippen LogP contribution in [0.2, 0.25) is 5.02 Å². The number of para-hydroxylation sites is 1. The molecule has 0 radical (unpaired) electrons. The van der Waals surface area contributed by atoms with Gasteiger partial charge in [-0.05, 0) is 37.3 Å². The standard InChI is InChI=1S/C16H11ClN2/c1-10-18-14-5-3-2-4-13(14)16-9-11-8-12(17)6-7-15(11)19(10)16/h2-9H,1H3. The van der Waals surface area contributed by atoms with Crippen molar-refractivity contribution in [3.63, 3.8) is 0 Å². The second-order valence-corrected chi connectivity index (χ2v) is 5.18. The Kier molecular flexibility index (Phi) is 2.12. The molecule has 0 fully saturated rings. The van der Waals surface area contributed by atoms with E-state index in [1.807, 2.05) is 43.3 Å². The Morgan fingerprint density at radius 3 is 2.74 bits per heavy atom. The molecule has 2 aromatic heterocycles. The molecule has 0 aliphatic heterocycles. The average Bonchev–Trinajstić information content (AvgIpc) is 2.78. The first kappa shape index (κ1) is 10.8. The molecule has 0 aliphatic rings. The Hall–Kier alpha value is -2.06. The molecule has 2 heterocycles. The summed E-state index contributed by atoms with van der Waals surface area (Å²) in [6, 6.07) is 16.4. The van der Waals surface area contributed by atoms with E-state index in [-0.39, 0.29) is 0 Å². The summed E-state index contributed by atoms with van der Waals surface area (Å²) >= 11 is 6.08. The average molecular weight is 267 g/mol. The third kappa shape index (κ3) is 1.47. The number of benzene rings is 2. The fraction of sp³-hybridized carbons (Fsp3) is 0.0625. The summed E-state index contributed by atoms with van der Waals surface area (Å²) in [7, 11) is 0. The van der Waals surface area contributed by atoms with Crippen LogP contribution in [0.15, 0.2) is 48.5 Å². The van der Waals surface area contributed by atoms with E-state index in [0.717, 1.165) is 27.3 Å². The van der Waals surface area contributed by atoms with Crippen molar-refractivity contribution in [2.24, 2.45) is 0 Å². The number of rotatable bonds is 0. The maximum Gasteiger partial charge on any atom is 0.111 e. The van der Waals surface area contributed by atoms with Gasteiger partial charge in [0.15, 0.2) is 0 Å². The van der Waals surface area contributed by atoms with E-state index in [1.165, 1.54) is 10.9 Å². The van der Waals surface area contributed by atoms with Gasteiger partial charge in [-0.3, -0.25) is 4.40 Å². The van der Waals surface area contributed by atoms with Crippen LogP contribution >= 0.6 is 11.6 Å². The lowest BCUT2D eigenvalue weighted by Gasteiger charge is -2.05. The molecule has 0 saturated heterocycles. The summed E-state index contributed by atoms with van der Waals surface area (Å²) in [5.74, 6) is 0.992. The highest BCUT2D eigenvalue weighted by Crippen LogP contribution is 2.28. The minimum Gasteiger partial charge on any atom is -0.297 e. The summed E-state index contributed by atoms with van der Waals surface area (Å²) < 4.78 is 2.19. The maximum atomic E-state index is 6.08. The largest absolute Gasteiger partial charge is 0.297 e. The van der Waals surface area contributed by atoms with Crippen molar-refractivity contribution in [2.45, 2.75) is 6.92 Å². The van der Waals surface area contributed by atoms with Crippen molar-refractivity contribution in [1.82, 2.24) is 9.38 Å². The second kappa shape index (κ2) is 3.72. The van der Waals surface area contributed by atoms with Crippen LogP contribution in [0, 0.1) is 6.92 Å². The van der Waals surface area contributed by atoms with Gasteiger partial charge in [0.05, 0.1) is 16.6 Å². The number of nitrogens with zero attached hydrogens (tertiary/aromatic N) is 2. The Morgan fingerprint density at radius 2 is 1.84 bits per heavy atom. The van der Waals surface area contributed by atoms with Crippen LogP contribution in [0.25, 0.3) is 27.3 Å². The van der Waals surface area contributed by atoms with Gasteiger partial charge in [0.1, 0.15) is 5.82 Å². The Labute approximate surface area is 115 Å². The Morgan fingerprint density at radius 1 is 1.00 bits per heavy atom. The third-order valence-electron chi connectivity index (χ3n) is 3.55. The van der Waals surface area contributed by atoms with Crippen LogP contribution in [-0.2, 0) is 0 Å². The smallest absolute Gasteiger partial charge is 0.111 e. The highest BCUT2D eigenvalue weighted by atomic mass is 35.5. The quantitative estimate of drug-likeness (QED) is 0.455. The number of aryl methyl sites for hydroxylation is 1. The van der Waals surface area contributed by atoms with Crippen LogP contribution < -0.4 is 0 Å². The van der Waals surface area contributed by atoms with Gasteiger partial charge in [0.25, 0.3) is 0 Å². The summed E-state index contributed by atoms with van der Waals surface area (Å²) in [5, 5.41) is 3.08. The molecule has 19 heavy (non-hydrogen) atoms. The molecule has 92 valence electrons. The van der Waals surface area contributed by atoms with Crippen molar-refractivity contribution in [1.29, 1.82) is 0 Å². The molecule has 4 aromatic rings. The number of halogens is 1. The predicted molar refractivity (Wildman–Crippen MR) is 80.0 cm³/mol. The number of aromatic nitrogens is 2. The molecule has 2 nitrogen and oxygen atoms in total. The van der Waals surface area contributed by atoms with Crippen molar-refractivity contribution >= 4 is 38.9 Å². The number of hydrogen-bond acceptors (Lipinski definition) is 1. The minimum absolute atomic E-state index is 0.762. The molecular weight excluding hydrogens is 256 g/mol. The van der Waals surface area contributed by atoms with Gasteiger partial charge in [-0.15, -0.1) is 0 Å². The van der Waals surface area contributed by atoms with Gasteiger partial charge in [-0.25, -0.2) is 4.98 Å². The monoisotopic (exact) mass is 266 g/mol. The number of fused-ring (bicyclic) bond motifs is 5. The van der Waals surface area contributed by atoms with E-state index >= 15 is 0 Å². The first-order valence-corrected chi connectivity index (χ1v) is 6.58. The van der Waals surface area contributed by atoms with Crippen LogP contribution in [-0.4, -0.2) is 9.38 Å². The highest BCUT2D eigenvalue weighted by molar-refractivity contribution is 6.31. The topological polar surface area (TPSA) is 17.3 Å². The van der Waals surface area contributed by atoms with Crippen molar-refractivity contribution in [2.75, 3.05) is 0 Å². The summed E-state index contributed by atoms with van der Waals surface area (Å²) in [5.41, 5.74) is 3.36. The van der Waals surface area contributed by atoms with Crippen molar-refractivity contribution in [3.8, 4) is 0 Å². The highest BCUT2D eigenvalue weighted by Gasteiger charge is 2.09. The zero-order valence-electron chi connectivity index (χ0n) is 10.4. The zero-order chi connectivity index (χ0) is 13.0. The first-order chi connectivity index (χ1) is 9.24. The Bertz CT molecular complexity index is 938. The fourth-order valence-corrected chi connectivity index (χ4v) is 2.93. The van der Waals surface area contributed by atoms with Gasteiger partial charge >= 0.3 is 0 Å². The van der Waals surface area contributed by atoms with E-state index in [0.29, 0.717) is 0 Å².